The second-order valence-corrected chi connectivity index (χ2v) is 7.77. The largest absolute Gasteiger partial charge is 0.469 e. The van der Waals surface area contributed by atoms with Gasteiger partial charge >= 0.3 is 0 Å². The van der Waals surface area contributed by atoms with Crippen molar-refractivity contribution in [2.45, 2.75) is 26.9 Å². The van der Waals surface area contributed by atoms with Crippen molar-refractivity contribution in [3.05, 3.63) is 76.4 Å². The van der Waals surface area contributed by atoms with Crippen LogP contribution in [0.2, 0.25) is 0 Å². The fourth-order valence-corrected chi connectivity index (χ4v) is 3.37. The second kappa shape index (κ2) is 9.70. The monoisotopic (exact) mass is 451 g/mol. The molecule has 0 aliphatic heterocycles. The summed E-state index contributed by atoms with van der Waals surface area (Å²) in [6, 6.07) is 20.6. The number of aromatic nitrogens is 1. The molecule has 0 amide bonds. The van der Waals surface area contributed by atoms with Crippen LogP contribution >= 0.6 is 15.9 Å². The van der Waals surface area contributed by atoms with Crippen LogP contribution in [0.5, 0.6) is 5.88 Å². The fraction of sp³-hybridized carbons (Fsp3) is 0.250. The van der Waals surface area contributed by atoms with Gasteiger partial charge in [0, 0.05) is 13.6 Å². The van der Waals surface area contributed by atoms with E-state index in [0.717, 1.165) is 33.5 Å². The predicted molar refractivity (Wildman–Crippen MR) is 124 cm³/mol. The Morgan fingerprint density at radius 1 is 1.14 bits per heavy atom. The zero-order valence-corrected chi connectivity index (χ0v) is 18.8. The van der Waals surface area contributed by atoms with Crippen molar-refractivity contribution in [3.8, 4) is 17.0 Å². The highest BCUT2D eigenvalue weighted by atomic mass is 79.9. The van der Waals surface area contributed by atoms with Crippen LogP contribution in [0.25, 0.3) is 11.1 Å². The molecule has 0 saturated carbocycles. The Bertz CT molecular complexity index is 989. The summed E-state index contributed by atoms with van der Waals surface area (Å²) in [6.07, 6.45) is 1.66. The lowest BCUT2D eigenvalue weighted by Gasteiger charge is -2.19. The van der Waals surface area contributed by atoms with Gasteiger partial charge in [0.2, 0.25) is 5.88 Å². The van der Waals surface area contributed by atoms with Gasteiger partial charge in [0.25, 0.3) is 0 Å². The summed E-state index contributed by atoms with van der Waals surface area (Å²) in [6.45, 7) is 6.98. The average molecular weight is 452 g/mol. The molecule has 150 valence electrons. The number of nitrogens with zero attached hydrogens (tertiary/aromatic N) is 3. The van der Waals surface area contributed by atoms with E-state index < -0.39 is 0 Å². The van der Waals surface area contributed by atoms with Crippen LogP contribution in [-0.2, 0) is 0 Å². The summed E-state index contributed by atoms with van der Waals surface area (Å²) in [5.74, 6) is 0.570. The van der Waals surface area contributed by atoms with Crippen molar-refractivity contribution in [2.75, 3.05) is 13.6 Å². The number of benzene rings is 2. The molecule has 0 aliphatic carbocycles. The van der Waals surface area contributed by atoms with Crippen LogP contribution in [-0.4, -0.2) is 29.8 Å². The Labute approximate surface area is 181 Å². The van der Waals surface area contributed by atoms with Crippen molar-refractivity contribution in [3.63, 3.8) is 0 Å². The maximum absolute atomic E-state index is 6.26. The lowest BCUT2D eigenvalue weighted by atomic mass is 9.97. The van der Waals surface area contributed by atoms with Gasteiger partial charge in [-0.05, 0) is 59.5 Å². The molecule has 0 saturated heterocycles. The van der Waals surface area contributed by atoms with E-state index >= 15 is 0 Å². The minimum absolute atomic E-state index is 0.157. The van der Waals surface area contributed by atoms with E-state index in [1.165, 1.54) is 5.56 Å². The summed E-state index contributed by atoms with van der Waals surface area (Å²) in [7, 11) is 1.99. The Kier molecular flexibility index (Phi) is 7.04. The van der Waals surface area contributed by atoms with E-state index in [1.807, 2.05) is 62.5 Å². The van der Waals surface area contributed by atoms with Gasteiger partial charge in [0.1, 0.15) is 6.10 Å². The normalized spacial score (nSPS) is 12.2. The Hall–Kier alpha value is -2.66. The van der Waals surface area contributed by atoms with Crippen molar-refractivity contribution in [1.82, 2.24) is 9.88 Å². The summed E-state index contributed by atoms with van der Waals surface area (Å²) >= 11 is 3.59. The van der Waals surface area contributed by atoms with Gasteiger partial charge in [-0.3, -0.25) is 0 Å². The summed E-state index contributed by atoms with van der Waals surface area (Å²) < 4.78 is 7.05. The smallest absolute Gasteiger partial charge is 0.228 e. The minimum Gasteiger partial charge on any atom is -0.469 e. The van der Waals surface area contributed by atoms with Gasteiger partial charge in [-0.25, -0.2) is 9.98 Å². The summed E-state index contributed by atoms with van der Waals surface area (Å²) in [5.41, 5.74) is 5.11. The molecule has 3 rings (SSSR count). The molecule has 1 atom stereocenters. The standard InChI is InChI=1S/C24H26BrN3O/c1-5-28(4)16-26-23-15-22(25)24(27-17(23)2)29-18(3)20-13-9-10-14-21(20)19-11-7-6-8-12-19/h6-16,18H,5H2,1-4H3/b26-16+. The fourth-order valence-electron chi connectivity index (χ4n) is 2.97. The van der Waals surface area contributed by atoms with Crippen LogP contribution in [0.4, 0.5) is 5.69 Å². The highest BCUT2D eigenvalue weighted by Crippen LogP contribution is 2.35. The predicted octanol–water partition coefficient (Wildman–Crippen LogP) is 6.57. The van der Waals surface area contributed by atoms with Crippen LogP contribution < -0.4 is 4.74 Å². The first kappa shape index (κ1) is 21.1. The number of aliphatic imine (C=N–C) groups is 1. The number of hydrogen-bond donors (Lipinski definition) is 0. The molecule has 1 aromatic heterocycles. The first-order chi connectivity index (χ1) is 14.0. The van der Waals surface area contributed by atoms with Gasteiger partial charge in [-0.15, -0.1) is 0 Å². The molecular weight excluding hydrogens is 426 g/mol. The number of hydrogen-bond acceptors (Lipinski definition) is 3. The molecule has 0 spiro atoms. The molecule has 29 heavy (non-hydrogen) atoms. The lowest BCUT2D eigenvalue weighted by Crippen LogP contribution is -2.14. The molecule has 4 nitrogen and oxygen atoms in total. The molecule has 0 fully saturated rings. The summed E-state index contributed by atoms with van der Waals surface area (Å²) in [4.78, 5) is 11.2. The number of aryl methyl sites for hydroxylation is 1. The van der Waals surface area contributed by atoms with Crippen LogP contribution in [0.15, 0.2) is 70.1 Å². The van der Waals surface area contributed by atoms with E-state index in [9.17, 15) is 0 Å². The SMILES string of the molecule is CCN(C)/C=N/c1cc(Br)c(OC(C)c2ccccc2-c2ccccc2)nc1C. The van der Waals surface area contributed by atoms with E-state index in [2.05, 4.69) is 63.2 Å². The van der Waals surface area contributed by atoms with Gasteiger partial charge in [-0.2, -0.15) is 0 Å². The first-order valence-corrected chi connectivity index (χ1v) is 10.5. The number of halogens is 1. The molecule has 0 N–H and O–H groups in total. The van der Waals surface area contributed by atoms with Crippen LogP contribution in [0, 0.1) is 6.92 Å². The van der Waals surface area contributed by atoms with E-state index in [1.54, 1.807) is 0 Å². The van der Waals surface area contributed by atoms with Crippen molar-refractivity contribution in [2.24, 2.45) is 4.99 Å². The zero-order chi connectivity index (χ0) is 20.8. The van der Waals surface area contributed by atoms with E-state index in [0.29, 0.717) is 5.88 Å². The van der Waals surface area contributed by atoms with Crippen LogP contribution in [0.3, 0.4) is 0 Å². The molecule has 5 heteroatoms. The molecular formula is C24H26BrN3O. The van der Waals surface area contributed by atoms with Crippen molar-refractivity contribution >= 4 is 28.0 Å². The second-order valence-electron chi connectivity index (χ2n) is 6.91. The lowest BCUT2D eigenvalue weighted by molar-refractivity contribution is 0.216. The maximum atomic E-state index is 6.26. The minimum atomic E-state index is -0.157. The molecule has 0 bridgehead atoms. The van der Waals surface area contributed by atoms with E-state index in [-0.39, 0.29) is 6.10 Å². The summed E-state index contributed by atoms with van der Waals surface area (Å²) in [5, 5.41) is 0. The highest BCUT2D eigenvalue weighted by Gasteiger charge is 2.16. The molecule has 0 aliphatic rings. The van der Waals surface area contributed by atoms with Crippen LogP contribution in [0.1, 0.15) is 31.2 Å². The third-order valence-corrected chi connectivity index (χ3v) is 5.34. The number of rotatable bonds is 7. The zero-order valence-electron chi connectivity index (χ0n) is 17.3. The Morgan fingerprint density at radius 2 is 1.83 bits per heavy atom. The van der Waals surface area contributed by atoms with Gasteiger partial charge in [0.15, 0.2) is 0 Å². The van der Waals surface area contributed by atoms with Gasteiger partial charge in [-0.1, -0.05) is 54.6 Å². The molecule has 3 aromatic rings. The third-order valence-electron chi connectivity index (χ3n) is 4.77. The van der Waals surface area contributed by atoms with Crippen molar-refractivity contribution < 1.29 is 4.74 Å². The Balaban J connectivity index is 1.86. The first-order valence-electron chi connectivity index (χ1n) is 9.72. The van der Waals surface area contributed by atoms with E-state index in [4.69, 9.17) is 4.74 Å². The molecule has 2 aromatic carbocycles. The number of pyridine rings is 1. The molecule has 1 unspecified atom stereocenters. The average Bonchev–Trinajstić information content (AvgIpc) is 2.75. The highest BCUT2D eigenvalue weighted by molar-refractivity contribution is 9.10. The van der Waals surface area contributed by atoms with Gasteiger partial charge in [0.05, 0.1) is 22.2 Å². The molecule has 1 heterocycles. The number of ether oxygens (including phenoxy) is 1. The quantitative estimate of drug-likeness (QED) is 0.301. The Morgan fingerprint density at radius 3 is 2.55 bits per heavy atom. The van der Waals surface area contributed by atoms with Crippen molar-refractivity contribution in [1.29, 1.82) is 0 Å². The third kappa shape index (κ3) is 5.24. The maximum Gasteiger partial charge on any atom is 0.228 e. The molecule has 0 radical (unpaired) electrons. The topological polar surface area (TPSA) is 37.7 Å². The van der Waals surface area contributed by atoms with Gasteiger partial charge < -0.3 is 9.64 Å².